The highest BCUT2D eigenvalue weighted by Crippen LogP contribution is 2.26. The van der Waals surface area contributed by atoms with E-state index in [4.69, 9.17) is 11.6 Å². The summed E-state index contributed by atoms with van der Waals surface area (Å²) in [6, 6.07) is 8.26. The summed E-state index contributed by atoms with van der Waals surface area (Å²) in [4.78, 5) is 5.68. The molecule has 2 rings (SSSR count). The Balaban J connectivity index is 2.13. The first-order chi connectivity index (χ1) is 8.19. The van der Waals surface area contributed by atoms with Crippen molar-refractivity contribution in [2.24, 2.45) is 0 Å². The van der Waals surface area contributed by atoms with Gasteiger partial charge in [-0.15, -0.1) is 11.3 Å². The Morgan fingerprint density at radius 3 is 2.76 bits per heavy atom. The molecule has 0 bridgehead atoms. The van der Waals surface area contributed by atoms with Gasteiger partial charge in [-0.2, -0.15) is 0 Å². The summed E-state index contributed by atoms with van der Waals surface area (Å²) in [5, 5.41) is 3.28. The quantitative estimate of drug-likeness (QED) is 0.914. The van der Waals surface area contributed by atoms with Crippen LogP contribution in [0.25, 0.3) is 0 Å². The second kappa shape index (κ2) is 5.96. The third kappa shape index (κ3) is 3.52. The zero-order valence-electron chi connectivity index (χ0n) is 9.28. The lowest BCUT2D eigenvalue weighted by molar-refractivity contribution is 0.580. The molecule has 0 aliphatic carbocycles. The van der Waals surface area contributed by atoms with Gasteiger partial charge in [0.1, 0.15) is 0 Å². The van der Waals surface area contributed by atoms with E-state index in [0.717, 1.165) is 20.9 Å². The number of pyridine rings is 1. The van der Waals surface area contributed by atoms with E-state index < -0.39 is 0 Å². The van der Waals surface area contributed by atoms with Gasteiger partial charge in [0, 0.05) is 22.0 Å². The van der Waals surface area contributed by atoms with Crippen molar-refractivity contribution in [3.63, 3.8) is 0 Å². The molecule has 1 atom stereocenters. The summed E-state index contributed by atoms with van der Waals surface area (Å²) in [5.74, 6) is 0. The van der Waals surface area contributed by atoms with E-state index in [2.05, 4.69) is 32.3 Å². The average Bonchev–Trinajstić information content (AvgIpc) is 2.73. The van der Waals surface area contributed by atoms with Crippen LogP contribution in [0.2, 0.25) is 4.34 Å². The third-order valence-electron chi connectivity index (χ3n) is 2.49. The van der Waals surface area contributed by atoms with Crippen LogP contribution in [-0.2, 0) is 6.42 Å². The molecule has 1 N–H and O–H groups in total. The van der Waals surface area contributed by atoms with Crippen LogP contribution in [-0.4, -0.2) is 12.0 Å². The highest BCUT2D eigenvalue weighted by Gasteiger charge is 2.12. The van der Waals surface area contributed by atoms with Gasteiger partial charge in [-0.3, -0.25) is 4.98 Å². The summed E-state index contributed by atoms with van der Waals surface area (Å²) >= 11 is 10.9. The molecule has 17 heavy (non-hydrogen) atoms. The van der Waals surface area contributed by atoms with Crippen molar-refractivity contribution in [2.45, 2.75) is 12.5 Å². The first kappa shape index (κ1) is 13.0. The third-order valence-corrected chi connectivity index (χ3v) is 4.21. The van der Waals surface area contributed by atoms with Crippen LogP contribution in [0, 0.1) is 0 Å². The summed E-state index contributed by atoms with van der Waals surface area (Å²) in [5.41, 5.74) is 1.04. The number of nitrogens with zero attached hydrogens (tertiary/aromatic N) is 1. The molecule has 5 heteroatoms. The second-order valence-corrected chi connectivity index (χ2v) is 6.37. The molecule has 0 spiro atoms. The van der Waals surface area contributed by atoms with Crippen molar-refractivity contribution in [1.29, 1.82) is 0 Å². The fourth-order valence-corrected chi connectivity index (χ4v) is 2.98. The van der Waals surface area contributed by atoms with E-state index in [1.54, 1.807) is 11.3 Å². The molecule has 0 saturated carbocycles. The maximum absolute atomic E-state index is 5.93. The number of hydrogen-bond acceptors (Lipinski definition) is 3. The van der Waals surface area contributed by atoms with E-state index in [0.29, 0.717) is 0 Å². The van der Waals surface area contributed by atoms with Crippen LogP contribution in [0.1, 0.15) is 16.6 Å². The SMILES string of the molecule is CNC(Cc1ccc(Cl)s1)c1ccc(Br)cn1. The van der Waals surface area contributed by atoms with Gasteiger partial charge in [-0.25, -0.2) is 0 Å². The van der Waals surface area contributed by atoms with Crippen molar-refractivity contribution < 1.29 is 0 Å². The number of rotatable bonds is 4. The first-order valence-electron chi connectivity index (χ1n) is 5.22. The summed E-state index contributed by atoms with van der Waals surface area (Å²) in [6.07, 6.45) is 2.73. The van der Waals surface area contributed by atoms with E-state index in [1.165, 1.54) is 4.88 Å². The van der Waals surface area contributed by atoms with Crippen LogP contribution in [0.4, 0.5) is 0 Å². The fraction of sp³-hybridized carbons (Fsp3) is 0.250. The largest absolute Gasteiger partial charge is 0.311 e. The normalized spacial score (nSPS) is 12.6. The summed E-state index contributed by atoms with van der Waals surface area (Å²) in [7, 11) is 1.95. The molecule has 0 aromatic carbocycles. The minimum atomic E-state index is 0.220. The first-order valence-corrected chi connectivity index (χ1v) is 7.20. The van der Waals surface area contributed by atoms with Crippen LogP contribution < -0.4 is 5.32 Å². The van der Waals surface area contributed by atoms with Crippen LogP contribution >= 0.6 is 38.9 Å². The van der Waals surface area contributed by atoms with Crippen LogP contribution in [0.3, 0.4) is 0 Å². The van der Waals surface area contributed by atoms with Crippen molar-refractivity contribution in [3.8, 4) is 0 Å². The fourth-order valence-electron chi connectivity index (χ4n) is 1.61. The number of halogens is 2. The van der Waals surface area contributed by atoms with Gasteiger partial charge < -0.3 is 5.32 Å². The Kier molecular flexibility index (Phi) is 4.56. The minimum Gasteiger partial charge on any atom is -0.311 e. The smallest absolute Gasteiger partial charge is 0.0931 e. The van der Waals surface area contributed by atoms with Crippen LogP contribution in [0.15, 0.2) is 34.9 Å². The molecule has 0 aliphatic heterocycles. The Morgan fingerprint density at radius 2 is 2.24 bits per heavy atom. The van der Waals surface area contributed by atoms with Gasteiger partial charge in [-0.1, -0.05) is 11.6 Å². The van der Waals surface area contributed by atoms with Gasteiger partial charge in [0.25, 0.3) is 0 Å². The van der Waals surface area contributed by atoms with E-state index in [-0.39, 0.29) is 6.04 Å². The number of aromatic nitrogens is 1. The predicted octanol–water partition coefficient (Wildman–Crippen LogP) is 4.06. The van der Waals surface area contributed by atoms with Crippen molar-refractivity contribution in [3.05, 3.63) is 49.8 Å². The molecule has 2 aromatic heterocycles. The number of hydrogen-bond donors (Lipinski definition) is 1. The molecule has 2 aromatic rings. The van der Waals surface area contributed by atoms with Crippen molar-refractivity contribution in [2.75, 3.05) is 7.05 Å². The van der Waals surface area contributed by atoms with Gasteiger partial charge in [-0.05, 0) is 47.2 Å². The zero-order valence-corrected chi connectivity index (χ0v) is 12.4. The number of nitrogens with one attached hydrogen (secondary N) is 1. The van der Waals surface area contributed by atoms with E-state index in [1.807, 2.05) is 31.4 Å². The molecule has 0 amide bonds. The summed E-state index contributed by atoms with van der Waals surface area (Å²) < 4.78 is 1.83. The van der Waals surface area contributed by atoms with Crippen molar-refractivity contribution >= 4 is 38.9 Å². The lowest BCUT2D eigenvalue weighted by Gasteiger charge is -2.14. The maximum Gasteiger partial charge on any atom is 0.0931 e. The molecule has 2 heterocycles. The molecule has 0 radical (unpaired) electrons. The highest BCUT2D eigenvalue weighted by molar-refractivity contribution is 9.10. The topological polar surface area (TPSA) is 24.9 Å². The van der Waals surface area contributed by atoms with Crippen LogP contribution in [0.5, 0.6) is 0 Å². The Hall–Kier alpha value is -0.420. The molecule has 0 aliphatic rings. The average molecular weight is 332 g/mol. The van der Waals surface area contributed by atoms with E-state index >= 15 is 0 Å². The molecular formula is C12H12BrClN2S. The Morgan fingerprint density at radius 1 is 1.41 bits per heavy atom. The Labute approximate surface area is 118 Å². The van der Waals surface area contributed by atoms with Crippen molar-refractivity contribution in [1.82, 2.24) is 10.3 Å². The lowest BCUT2D eigenvalue weighted by atomic mass is 10.1. The molecule has 2 nitrogen and oxygen atoms in total. The molecule has 0 fully saturated rings. The highest BCUT2D eigenvalue weighted by atomic mass is 79.9. The minimum absolute atomic E-state index is 0.220. The monoisotopic (exact) mass is 330 g/mol. The predicted molar refractivity (Wildman–Crippen MR) is 76.8 cm³/mol. The van der Waals surface area contributed by atoms with Gasteiger partial charge in [0.05, 0.1) is 16.1 Å². The van der Waals surface area contributed by atoms with Gasteiger partial charge in [0.15, 0.2) is 0 Å². The second-order valence-electron chi connectivity index (χ2n) is 3.65. The lowest BCUT2D eigenvalue weighted by Crippen LogP contribution is -2.19. The molecule has 0 saturated heterocycles. The molecule has 1 unspecified atom stereocenters. The number of thiophene rings is 1. The molecular weight excluding hydrogens is 320 g/mol. The van der Waals surface area contributed by atoms with Gasteiger partial charge >= 0.3 is 0 Å². The van der Waals surface area contributed by atoms with Gasteiger partial charge in [0.2, 0.25) is 0 Å². The maximum atomic E-state index is 5.93. The Bertz CT molecular complexity index is 484. The van der Waals surface area contributed by atoms with E-state index in [9.17, 15) is 0 Å². The molecule has 90 valence electrons. The standard InChI is InChI=1S/C12H12BrClN2S/c1-15-11(6-9-3-5-12(14)17-9)10-4-2-8(13)7-16-10/h2-5,7,11,15H,6H2,1H3. The number of likely N-dealkylation sites (N-methyl/N-ethyl adjacent to an activating group) is 1. The summed E-state index contributed by atoms with van der Waals surface area (Å²) in [6.45, 7) is 0. The zero-order chi connectivity index (χ0) is 12.3.